The van der Waals surface area contributed by atoms with E-state index in [-0.39, 0.29) is 11.3 Å². The van der Waals surface area contributed by atoms with Gasteiger partial charge < -0.3 is 14.8 Å². The quantitative estimate of drug-likeness (QED) is 0.491. The Balaban J connectivity index is 1.77. The molecule has 1 amide bonds. The third-order valence-electron chi connectivity index (χ3n) is 6.12. The van der Waals surface area contributed by atoms with Gasteiger partial charge in [0.25, 0.3) is 0 Å². The molecule has 166 valence electrons. The summed E-state index contributed by atoms with van der Waals surface area (Å²) in [6.45, 7) is 5.19. The summed E-state index contributed by atoms with van der Waals surface area (Å²) in [5, 5.41) is 3.07. The summed E-state index contributed by atoms with van der Waals surface area (Å²) in [6.07, 6.45) is 4.73. The molecule has 0 aliphatic heterocycles. The predicted octanol–water partition coefficient (Wildman–Crippen LogP) is 5.93. The molecule has 5 nitrogen and oxygen atoms in total. The first-order chi connectivity index (χ1) is 14.7. The highest BCUT2D eigenvalue weighted by Crippen LogP contribution is 2.44. The molecule has 0 aromatic heterocycles. The van der Waals surface area contributed by atoms with Crippen LogP contribution in [0.3, 0.4) is 0 Å². The number of ether oxygens (including phenoxy) is 2. The van der Waals surface area contributed by atoms with Gasteiger partial charge >= 0.3 is 5.97 Å². The van der Waals surface area contributed by atoms with Gasteiger partial charge in [-0.1, -0.05) is 47.0 Å². The van der Waals surface area contributed by atoms with Gasteiger partial charge in [-0.25, -0.2) is 4.79 Å². The summed E-state index contributed by atoms with van der Waals surface area (Å²) in [5.41, 5.74) is 1.43. The predicted molar refractivity (Wildman–Crippen MR) is 125 cm³/mol. The van der Waals surface area contributed by atoms with Crippen molar-refractivity contribution in [1.29, 1.82) is 0 Å². The van der Waals surface area contributed by atoms with Crippen LogP contribution < -0.4 is 10.1 Å². The van der Waals surface area contributed by atoms with Gasteiger partial charge in [0.2, 0.25) is 5.91 Å². The van der Waals surface area contributed by atoms with Crippen LogP contribution in [-0.2, 0) is 19.7 Å². The van der Waals surface area contributed by atoms with E-state index in [1.807, 2.05) is 31.2 Å². The largest absolute Gasteiger partial charge is 0.476 e. The number of rotatable bonds is 7. The van der Waals surface area contributed by atoms with Crippen LogP contribution in [0.1, 0.15) is 57.1 Å². The van der Waals surface area contributed by atoms with Crippen molar-refractivity contribution in [3.05, 3.63) is 58.1 Å². The van der Waals surface area contributed by atoms with Gasteiger partial charge in [-0.3, -0.25) is 4.79 Å². The zero-order valence-corrected chi connectivity index (χ0v) is 20.2. The summed E-state index contributed by atoms with van der Waals surface area (Å²) in [5.74, 6) is 0.0630. The second-order valence-corrected chi connectivity index (χ2v) is 9.67. The molecule has 0 spiro atoms. The highest BCUT2D eigenvalue weighted by atomic mass is 79.9. The van der Waals surface area contributed by atoms with E-state index >= 15 is 0 Å². The molecule has 1 aliphatic rings. The number of carbonyl (C=O) groups excluding carboxylic acids is 2. The molecule has 0 unspecified atom stereocenters. The maximum atomic E-state index is 13.1. The Bertz CT molecular complexity index is 946. The molecule has 1 N–H and O–H groups in total. The molecule has 0 heterocycles. The van der Waals surface area contributed by atoms with E-state index in [2.05, 4.69) is 33.4 Å². The number of hydrogen-bond acceptors (Lipinski definition) is 4. The second-order valence-electron chi connectivity index (χ2n) is 8.75. The zero-order valence-electron chi connectivity index (χ0n) is 18.6. The van der Waals surface area contributed by atoms with E-state index in [0.717, 1.165) is 35.7 Å². The molecular formula is C25H30BrNO4. The normalized spacial score (nSPS) is 15.4. The van der Waals surface area contributed by atoms with E-state index in [0.29, 0.717) is 17.9 Å². The van der Waals surface area contributed by atoms with Gasteiger partial charge in [-0.05, 0) is 63.4 Å². The molecule has 0 bridgehead atoms. The SMILES string of the molecule is COC(=O)C(C)(C)Oc1cccc(NC(=O)CC2(c3ccc(Br)cc3)CCCC2)c1C. The van der Waals surface area contributed by atoms with E-state index in [4.69, 9.17) is 9.47 Å². The molecule has 1 aliphatic carbocycles. The first kappa shape index (κ1) is 23.3. The van der Waals surface area contributed by atoms with Crippen molar-refractivity contribution >= 4 is 33.5 Å². The lowest BCUT2D eigenvalue weighted by molar-refractivity contribution is -0.156. The lowest BCUT2D eigenvalue weighted by Crippen LogP contribution is -2.39. The van der Waals surface area contributed by atoms with Gasteiger partial charge in [0.05, 0.1) is 7.11 Å². The average molecular weight is 488 g/mol. The number of methoxy groups -OCH3 is 1. The third kappa shape index (κ3) is 5.29. The topological polar surface area (TPSA) is 64.6 Å². The lowest BCUT2D eigenvalue weighted by atomic mass is 9.76. The van der Waals surface area contributed by atoms with E-state index in [1.54, 1.807) is 19.9 Å². The number of amides is 1. The lowest BCUT2D eigenvalue weighted by Gasteiger charge is -2.29. The Morgan fingerprint density at radius 1 is 1.10 bits per heavy atom. The first-order valence-corrected chi connectivity index (χ1v) is 11.4. The average Bonchev–Trinajstić information content (AvgIpc) is 3.20. The fraction of sp³-hybridized carbons (Fsp3) is 0.440. The Hall–Kier alpha value is -2.34. The Morgan fingerprint density at radius 3 is 2.35 bits per heavy atom. The van der Waals surface area contributed by atoms with Crippen molar-refractivity contribution in [2.75, 3.05) is 12.4 Å². The summed E-state index contributed by atoms with van der Waals surface area (Å²) in [4.78, 5) is 25.1. The van der Waals surface area contributed by atoms with Crippen molar-refractivity contribution in [2.24, 2.45) is 0 Å². The van der Waals surface area contributed by atoms with Crippen LogP contribution in [-0.4, -0.2) is 24.6 Å². The number of esters is 1. The van der Waals surface area contributed by atoms with Crippen LogP contribution in [0.4, 0.5) is 5.69 Å². The number of halogens is 1. The molecule has 2 aromatic rings. The van der Waals surface area contributed by atoms with E-state index in [1.165, 1.54) is 12.7 Å². The maximum Gasteiger partial charge on any atom is 0.349 e. The fourth-order valence-corrected chi connectivity index (χ4v) is 4.61. The third-order valence-corrected chi connectivity index (χ3v) is 6.65. The molecule has 31 heavy (non-hydrogen) atoms. The van der Waals surface area contributed by atoms with Crippen molar-refractivity contribution < 1.29 is 19.1 Å². The van der Waals surface area contributed by atoms with Crippen molar-refractivity contribution in [3.8, 4) is 5.75 Å². The van der Waals surface area contributed by atoms with Gasteiger partial charge in [0.1, 0.15) is 5.75 Å². The van der Waals surface area contributed by atoms with Crippen molar-refractivity contribution in [1.82, 2.24) is 0 Å². The van der Waals surface area contributed by atoms with Crippen LogP contribution in [0.5, 0.6) is 5.75 Å². The number of benzene rings is 2. The van der Waals surface area contributed by atoms with Gasteiger partial charge in [0.15, 0.2) is 5.60 Å². The van der Waals surface area contributed by atoms with Gasteiger partial charge in [-0.15, -0.1) is 0 Å². The number of hydrogen-bond donors (Lipinski definition) is 1. The number of anilines is 1. The molecule has 1 fully saturated rings. The molecule has 6 heteroatoms. The molecule has 2 aromatic carbocycles. The number of nitrogens with one attached hydrogen (secondary N) is 1. The highest BCUT2D eigenvalue weighted by molar-refractivity contribution is 9.10. The summed E-state index contributed by atoms with van der Waals surface area (Å²) in [6, 6.07) is 13.8. The Kier molecular flexibility index (Phi) is 7.10. The summed E-state index contributed by atoms with van der Waals surface area (Å²) < 4.78 is 11.8. The molecule has 0 atom stereocenters. The van der Waals surface area contributed by atoms with Crippen LogP contribution in [0.25, 0.3) is 0 Å². The zero-order chi connectivity index (χ0) is 22.6. The van der Waals surface area contributed by atoms with Crippen molar-refractivity contribution in [2.45, 2.75) is 63.9 Å². The van der Waals surface area contributed by atoms with Crippen LogP contribution in [0.2, 0.25) is 0 Å². The summed E-state index contributed by atoms with van der Waals surface area (Å²) in [7, 11) is 1.33. The second kappa shape index (κ2) is 9.43. The van der Waals surface area contributed by atoms with E-state index in [9.17, 15) is 9.59 Å². The monoisotopic (exact) mass is 487 g/mol. The minimum atomic E-state index is -1.13. The van der Waals surface area contributed by atoms with Crippen LogP contribution >= 0.6 is 15.9 Å². The van der Waals surface area contributed by atoms with E-state index < -0.39 is 11.6 Å². The number of carbonyl (C=O) groups is 2. The molecule has 0 saturated heterocycles. The molecule has 3 rings (SSSR count). The maximum absolute atomic E-state index is 13.1. The molecule has 0 radical (unpaired) electrons. The Morgan fingerprint density at radius 2 is 1.74 bits per heavy atom. The van der Waals surface area contributed by atoms with Gasteiger partial charge in [-0.2, -0.15) is 0 Å². The van der Waals surface area contributed by atoms with Crippen molar-refractivity contribution in [3.63, 3.8) is 0 Å². The standard InChI is InChI=1S/C25H30BrNO4/c1-17-20(8-7-9-21(17)31-24(2,3)23(29)30-4)27-22(28)16-25(14-5-6-15-25)18-10-12-19(26)13-11-18/h7-13H,5-6,14-16H2,1-4H3,(H,27,28). The minimum Gasteiger partial charge on any atom is -0.476 e. The smallest absolute Gasteiger partial charge is 0.349 e. The van der Waals surface area contributed by atoms with Gasteiger partial charge in [0, 0.05) is 27.6 Å². The summed E-state index contributed by atoms with van der Waals surface area (Å²) >= 11 is 3.50. The highest BCUT2D eigenvalue weighted by Gasteiger charge is 2.38. The van der Waals surface area contributed by atoms with Crippen LogP contribution in [0.15, 0.2) is 46.9 Å². The van der Waals surface area contributed by atoms with Crippen LogP contribution in [0, 0.1) is 6.92 Å². The minimum absolute atomic E-state index is 0.0164. The molecular weight excluding hydrogens is 458 g/mol. The Labute approximate surface area is 192 Å². The first-order valence-electron chi connectivity index (χ1n) is 10.6. The fourth-order valence-electron chi connectivity index (χ4n) is 4.35. The molecule has 1 saturated carbocycles.